The van der Waals surface area contributed by atoms with Crippen LogP contribution in [0.15, 0.2) is 30.3 Å². The SMILES string of the molecule is C[C@H](NC(=O)C1(Br)CC12CCCCC2)c1ccccc1. The zero-order valence-corrected chi connectivity index (χ0v) is 13.6. The molecule has 0 aliphatic heterocycles. The van der Waals surface area contributed by atoms with Crippen molar-refractivity contribution >= 4 is 21.8 Å². The van der Waals surface area contributed by atoms with Gasteiger partial charge in [0, 0.05) is 0 Å². The monoisotopic (exact) mass is 335 g/mol. The van der Waals surface area contributed by atoms with Gasteiger partial charge in [-0.15, -0.1) is 0 Å². The van der Waals surface area contributed by atoms with Crippen LogP contribution in [0.5, 0.6) is 0 Å². The van der Waals surface area contributed by atoms with Crippen LogP contribution in [0.3, 0.4) is 0 Å². The van der Waals surface area contributed by atoms with Gasteiger partial charge in [0.1, 0.15) is 4.32 Å². The Hall–Kier alpha value is -0.830. The number of hydrogen-bond donors (Lipinski definition) is 1. The Labute approximate surface area is 129 Å². The summed E-state index contributed by atoms with van der Waals surface area (Å²) in [5.74, 6) is 0.177. The molecular weight excluding hydrogens is 314 g/mol. The van der Waals surface area contributed by atoms with Crippen LogP contribution in [0.4, 0.5) is 0 Å². The molecule has 2 fully saturated rings. The number of benzene rings is 1. The smallest absolute Gasteiger partial charge is 0.237 e. The van der Waals surface area contributed by atoms with Gasteiger partial charge in [0.15, 0.2) is 0 Å². The first-order chi connectivity index (χ1) is 9.57. The highest BCUT2D eigenvalue weighted by atomic mass is 79.9. The number of carbonyl (C=O) groups excluding carboxylic acids is 1. The Kier molecular flexibility index (Phi) is 3.65. The second kappa shape index (κ2) is 5.18. The molecule has 0 radical (unpaired) electrons. The number of alkyl halides is 1. The van der Waals surface area contributed by atoms with Crippen molar-refractivity contribution in [1.82, 2.24) is 5.32 Å². The van der Waals surface area contributed by atoms with Gasteiger partial charge in [-0.2, -0.15) is 0 Å². The Morgan fingerprint density at radius 2 is 1.85 bits per heavy atom. The van der Waals surface area contributed by atoms with Crippen LogP contribution in [0.2, 0.25) is 0 Å². The van der Waals surface area contributed by atoms with E-state index in [1.54, 1.807) is 0 Å². The lowest BCUT2D eigenvalue weighted by molar-refractivity contribution is -0.122. The standard InChI is InChI=1S/C17H22BrNO/c1-13(14-8-4-2-5-9-14)19-15(20)17(18)12-16(17)10-6-3-7-11-16/h2,4-5,8-9,13H,3,6-7,10-12H2,1H3,(H,19,20)/t13-,17?/m0/s1. The maximum atomic E-state index is 12.6. The van der Waals surface area contributed by atoms with Crippen molar-refractivity contribution in [1.29, 1.82) is 0 Å². The molecule has 0 bridgehead atoms. The Bertz CT molecular complexity index is 495. The maximum Gasteiger partial charge on any atom is 0.237 e. The van der Waals surface area contributed by atoms with E-state index >= 15 is 0 Å². The predicted octanol–water partition coefficient (Wildman–Crippen LogP) is 4.35. The highest BCUT2D eigenvalue weighted by Crippen LogP contribution is 2.69. The molecular formula is C17H22BrNO. The molecule has 1 aromatic rings. The third-order valence-corrected chi connectivity index (χ3v) is 6.60. The Morgan fingerprint density at radius 3 is 2.50 bits per heavy atom. The first-order valence-corrected chi connectivity index (χ1v) is 8.42. The van der Waals surface area contributed by atoms with Gasteiger partial charge in [-0.3, -0.25) is 4.79 Å². The molecule has 1 unspecified atom stereocenters. The van der Waals surface area contributed by atoms with Crippen LogP contribution in [-0.4, -0.2) is 10.2 Å². The fraction of sp³-hybridized carbons (Fsp3) is 0.588. The molecule has 20 heavy (non-hydrogen) atoms. The van der Waals surface area contributed by atoms with Crippen molar-refractivity contribution in [3.63, 3.8) is 0 Å². The molecule has 1 amide bonds. The first kappa shape index (κ1) is 14.1. The van der Waals surface area contributed by atoms with Gasteiger partial charge in [-0.05, 0) is 37.2 Å². The topological polar surface area (TPSA) is 29.1 Å². The molecule has 0 saturated heterocycles. The summed E-state index contributed by atoms with van der Waals surface area (Å²) in [5, 5.41) is 3.18. The van der Waals surface area contributed by atoms with E-state index < -0.39 is 0 Å². The molecule has 2 saturated carbocycles. The molecule has 108 valence electrons. The zero-order valence-electron chi connectivity index (χ0n) is 12.0. The van der Waals surface area contributed by atoms with Crippen molar-refractivity contribution in [3.05, 3.63) is 35.9 Å². The van der Waals surface area contributed by atoms with Crippen molar-refractivity contribution in [2.24, 2.45) is 5.41 Å². The lowest BCUT2D eigenvalue weighted by atomic mass is 9.84. The number of amides is 1. The predicted molar refractivity (Wildman–Crippen MR) is 84.8 cm³/mol. The van der Waals surface area contributed by atoms with Gasteiger partial charge in [-0.1, -0.05) is 65.5 Å². The number of nitrogens with one attached hydrogen (secondary N) is 1. The molecule has 0 aromatic heterocycles. The maximum absolute atomic E-state index is 12.6. The third-order valence-electron chi connectivity index (χ3n) is 5.12. The van der Waals surface area contributed by atoms with Crippen LogP contribution in [0.1, 0.15) is 57.1 Å². The van der Waals surface area contributed by atoms with Crippen LogP contribution in [0.25, 0.3) is 0 Å². The van der Waals surface area contributed by atoms with E-state index in [9.17, 15) is 4.79 Å². The molecule has 2 aliphatic carbocycles. The second-order valence-electron chi connectivity index (χ2n) is 6.42. The van der Waals surface area contributed by atoms with E-state index in [4.69, 9.17) is 0 Å². The van der Waals surface area contributed by atoms with Crippen molar-refractivity contribution in [2.75, 3.05) is 0 Å². The highest BCUT2D eigenvalue weighted by molar-refractivity contribution is 9.10. The summed E-state index contributed by atoms with van der Waals surface area (Å²) < 4.78 is -0.302. The minimum atomic E-state index is -0.302. The lowest BCUT2D eigenvalue weighted by Gasteiger charge is -2.26. The average molecular weight is 336 g/mol. The number of halogens is 1. The minimum absolute atomic E-state index is 0.0689. The van der Waals surface area contributed by atoms with Crippen molar-refractivity contribution < 1.29 is 4.79 Å². The molecule has 3 heteroatoms. The number of carbonyl (C=O) groups is 1. The molecule has 2 nitrogen and oxygen atoms in total. The molecule has 0 heterocycles. The molecule has 1 aromatic carbocycles. The largest absolute Gasteiger partial charge is 0.348 e. The fourth-order valence-electron chi connectivity index (χ4n) is 3.68. The number of rotatable bonds is 3. The van der Waals surface area contributed by atoms with E-state index in [1.165, 1.54) is 32.1 Å². The van der Waals surface area contributed by atoms with Gasteiger partial charge in [0.2, 0.25) is 5.91 Å². The van der Waals surface area contributed by atoms with Gasteiger partial charge in [0.25, 0.3) is 0 Å². The average Bonchev–Trinajstić information content (AvgIpc) is 3.05. The summed E-state index contributed by atoms with van der Waals surface area (Å²) in [7, 11) is 0. The first-order valence-electron chi connectivity index (χ1n) is 7.62. The third kappa shape index (κ3) is 2.30. The van der Waals surface area contributed by atoms with E-state index in [2.05, 4.69) is 40.3 Å². The zero-order chi connectivity index (χ0) is 14.2. The van der Waals surface area contributed by atoms with Gasteiger partial charge in [0.05, 0.1) is 6.04 Å². The Balaban J connectivity index is 1.65. The number of hydrogen-bond acceptors (Lipinski definition) is 1. The van der Waals surface area contributed by atoms with Gasteiger partial charge < -0.3 is 5.32 Å². The van der Waals surface area contributed by atoms with Crippen molar-refractivity contribution in [3.8, 4) is 0 Å². The summed E-state index contributed by atoms with van der Waals surface area (Å²) in [5.41, 5.74) is 1.40. The van der Waals surface area contributed by atoms with Crippen molar-refractivity contribution in [2.45, 2.75) is 55.8 Å². The van der Waals surface area contributed by atoms with Gasteiger partial charge >= 0.3 is 0 Å². The summed E-state index contributed by atoms with van der Waals surface area (Å²) in [4.78, 5) is 12.6. The van der Waals surface area contributed by atoms with Gasteiger partial charge in [-0.25, -0.2) is 0 Å². The second-order valence-corrected chi connectivity index (χ2v) is 7.78. The minimum Gasteiger partial charge on any atom is -0.348 e. The lowest BCUT2D eigenvalue weighted by Crippen LogP contribution is -2.38. The van der Waals surface area contributed by atoms with Crippen LogP contribution >= 0.6 is 15.9 Å². The quantitative estimate of drug-likeness (QED) is 0.817. The molecule has 1 N–H and O–H groups in total. The van der Waals surface area contributed by atoms with E-state index in [1.807, 2.05) is 18.2 Å². The van der Waals surface area contributed by atoms with Crippen LogP contribution in [0, 0.1) is 5.41 Å². The summed E-state index contributed by atoms with van der Waals surface area (Å²) >= 11 is 3.76. The molecule has 3 rings (SSSR count). The summed E-state index contributed by atoms with van der Waals surface area (Å²) in [6, 6.07) is 10.2. The van der Waals surface area contributed by atoms with Crippen LogP contribution in [-0.2, 0) is 4.79 Å². The molecule has 1 spiro atoms. The van der Waals surface area contributed by atoms with E-state index in [0.717, 1.165) is 12.0 Å². The summed E-state index contributed by atoms with van der Waals surface area (Å²) in [6.45, 7) is 2.06. The Morgan fingerprint density at radius 1 is 1.20 bits per heavy atom. The fourth-order valence-corrected chi connectivity index (χ4v) is 4.73. The highest BCUT2D eigenvalue weighted by Gasteiger charge is 2.69. The van der Waals surface area contributed by atoms with E-state index in [0.29, 0.717) is 0 Å². The van der Waals surface area contributed by atoms with Crippen LogP contribution < -0.4 is 5.32 Å². The molecule has 2 atom stereocenters. The van der Waals surface area contributed by atoms with E-state index in [-0.39, 0.29) is 21.7 Å². The molecule has 2 aliphatic rings. The normalized spacial score (nSPS) is 28.9. The summed E-state index contributed by atoms with van der Waals surface area (Å²) in [6.07, 6.45) is 7.28.